The first-order valence-corrected chi connectivity index (χ1v) is 13.6. The van der Waals surface area contributed by atoms with Gasteiger partial charge in [-0.1, -0.05) is 18.9 Å². The molecule has 0 saturated heterocycles. The average Bonchev–Trinajstić information content (AvgIpc) is 3.28. The maximum Gasteiger partial charge on any atom is 0.280 e. The molecule has 0 spiro atoms. The number of hydrogen-bond acceptors (Lipinski definition) is 6. The van der Waals surface area contributed by atoms with E-state index in [1.807, 2.05) is 18.4 Å². The highest BCUT2D eigenvalue weighted by Gasteiger charge is 2.37. The standard InChI is InChI=1S/C28H35FN6O4/c1-5-33-15-17(2)35-22-21(24(39-4)23(35)28(33)38)27(37)34-16-18-10-11-19(29)14-20(18)26(36)32(3)13-9-7-6-8-12-30-25(22)31-34/h10-11,14,17H,5-9,12-13,15-16H2,1-4H3,(H,30,31). The Hall–Kier alpha value is -3.89. The lowest BCUT2D eigenvalue weighted by Crippen LogP contribution is -2.42. The first-order chi connectivity index (χ1) is 18.8. The lowest BCUT2D eigenvalue weighted by Gasteiger charge is -2.32. The molecule has 1 aromatic carbocycles. The Balaban J connectivity index is 1.76. The van der Waals surface area contributed by atoms with Crippen LogP contribution in [0.15, 0.2) is 23.0 Å². The minimum absolute atomic E-state index is 0.0487. The Morgan fingerprint density at radius 1 is 1.13 bits per heavy atom. The van der Waals surface area contributed by atoms with Crippen molar-refractivity contribution in [2.45, 2.75) is 52.1 Å². The zero-order chi connectivity index (χ0) is 27.8. The van der Waals surface area contributed by atoms with E-state index in [-0.39, 0.29) is 41.1 Å². The van der Waals surface area contributed by atoms with Crippen molar-refractivity contribution >= 4 is 28.5 Å². The summed E-state index contributed by atoms with van der Waals surface area (Å²) in [6.45, 7) is 6.11. The van der Waals surface area contributed by atoms with Crippen molar-refractivity contribution in [3.8, 4) is 5.75 Å². The molecule has 2 aliphatic heterocycles. The first-order valence-electron chi connectivity index (χ1n) is 13.6. The van der Waals surface area contributed by atoms with Crippen LogP contribution in [0.3, 0.4) is 0 Å². The second-order valence-corrected chi connectivity index (χ2v) is 10.3. The second kappa shape index (κ2) is 10.7. The van der Waals surface area contributed by atoms with Crippen LogP contribution in [0.5, 0.6) is 5.75 Å². The molecule has 11 heteroatoms. The van der Waals surface area contributed by atoms with Crippen molar-refractivity contribution in [2.75, 3.05) is 45.7 Å². The molecule has 0 radical (unpaired) electrons. The van der Waals surface area contributed by atoms with Crippen LogP contribution in [0, 0.1) is 5.82 Å². The summed E-state index contributed by atoms with van der Waals surface area (Å²) in [6, 6.07) is 3.91. The van der Waals surface area contributed by atoms with Gasteiger partial charge in [-0.05, 0) is 44.4 Å². The van der Waals surface area contributed by atoms with Crippen molar-refractivity contribution in [1.29, 1.82) is 0 Å². The quantitative estimate of drug-likeness (QED) is 0.536. The number of nitrogens with zero attached hydrogens (tertiary/aromatic N) is 5. The van der Waals surface area contributed by atoms with Crippen molar-refractivity contribution in [3.05, 3.63) is 51.2 Å². The van der Waals surface area contributed by atoms with Crippen LogP contribution < -0.4 is 15.6 Å². The Morgan fingerprint density at radius 3 is 2.64 bits per heavy atom. The van der Waals surface area contributed by atoms with Gasteiger partial charge in [-0.2, -0.15) is 0 Å². The van der Waals surface area contributed by atoms with Crippen LogP contribution in [-0.4, -0.2) is 76.3 Å². The number of nitrogens with one attached hydrogen (secondary N) is 1. The number of ether oxygens (including phenoxy) is 1. The van der Waals surface area contributed by atoms with Gasteiger partial charge in [0.05, 0.1) is 13.7 Å². The summed E-state index contributed by atoms with van der Waals surface area (Å²) in [5, 5.41) is 8.38. The number of fused-ring (bicyclic) bond motifs is 7. The number of benzene rings is 1. The molecular formula is C28H35FN6O4. The predicted octanol–water partition coefficient (Wildman–Crippen LogP) is 3.49. The van der Waals surface area contributed by atoms with E-state index in [1.54, 1.807) is 16.8 Å². The molecular weight excluding hydrogens is 503 g/mol. The number of likely N-dealkylation sites (N-methyl/N-ethyl adjacent to an activating group) is 1. The van der Waals surface area contributed by atoms with Crippen LogP contribution in [0.1, 0.15) is 72.0 Å². The van der Waals surface area contributed by atoms with Gasteiger partial charge in [0.1, 0.15) is 16.7 Å². The molecule has 10 nitrogen and oxygen atoms in total. The van der Waals surface area contributed by atoms with Gasteiger partial charge in [-0.25, -0.2) is 9.07 Å². The monoisotopic (exact) mass is 538 g/mol. The van der Waals surface area contributed by atoms with Gasteiger partial charge in [0.2, 0.25) is 0 Å². The largest absolute Gasteiger partial charge is 0.493 e. The highest BCUT2D eigenvalue weighted by molar-refractivity contribution is 6.07. The molecule has 2 aliphatic rings. The molecule has 1 atom stereocenters. The number of carbonyl (C=O) groups is 2. The summed E-state index contributed by atoms with van der Waals surface area (Å²) in [4.78, 5) is 44.1. The zero-order valence-electron chi connectivity index (χ0n) is 22.9. The molecule has 0 saturated carbocycles. The lowest BCUT2D eigenvalue weighted by atomic mass is 10.1. The summed E-state index contributed by atoms with van der Waals surface area (Å²) < 4.78 is 23.2. The van der Waals surface area contributed by atoms with Gasteiger partial charge in [0.25, 0.3) is 17.4 Å². The van der Waals surface area contributed by atoms with Crippen molar-refractivity contribution in [2.24, 2.45) is 0 Å². The topological polar surface area (TPSA) is 102 Å². The fourth-order valence-corrected chi connectivity index (χ4v) is 5.70. The molecule has 2 bridgehead atoms. The Labute approximate surface area is 226 Å². The van der Waals surface area contributed by atoms with Gasteiger partial charge in [-0.3, -0.25) is 14.4 Å². The van der Waals surface area contributed by atoms with Crippen LogP contribution in [0.2, 0.25) is 0 Å². The molecule has 1 N–H and O–H groups in total. The molecule has 0 aliphatic carbocycles. The third-order valence-corrected chi connectivity index (χ3v) is 7.74. The second-order valence-electron chi connectivity index (χ2n) is 10.3. The van der Waals surface area contributed by atoms with Gasteiger partial charge >= 0.3 is 0 Å². The molecule has 2 amide bonds. The van der Waals surface area contributed by atoms with Crippen LogP contribution in [-0.2, 0) is 6.54 Å². The third-order valence-electron chi connectivity index (χ3n) is 7.74. The van der Waals surface area contributed by atoms with E-state index in [4.69, 9.17) is 9.84 Å². The molecule has 208 valence electrons. The normalized spacial score (nSPS) is 18.7. The summed E-state index contributed by atoms with van der Waals surface area (Å²) in [5.74, 6) is -0.334. The van der Waals surface area contributed by atoms with Crippen LogP contribution in [0.25, 0.3) is 10.9 Å². The Morgan fingerprint density at radius 2 is 1.90 bits per heavy atom. The number of aromatic nitrogens is 3. The molecule has 39 heavy (non-hydrogen) atoms. The highest BCUT2D eigenvalue weighted by Crippen LogP contribution is 2.39. The average molecular weight is 539 g/mol. The number of anilines is 1. The van der Waals surface area contributed by atoms with E-state index >= 15 is 0 Å². The summed E-state index contributed by atoms with van der Waals surface area (Å²) in [5.41, 5.74) is 1.10. The van der Waals surface area contributed by atoms with E-state index in [0.29, 0.717) is 48.8 Å². The molecule has 0 fully saturated rings. The summed E-state index contributed by atoms with van der Waals surface area (Å²) in [6.07, 6.45) is 3.58. The number of amides is 2. The summed E-state index contributed by atoms with van der Waals surface area (Å²) >= 11 is 0. The predicted molar refractivity (Wildman–Crippen MR) is 146 cm³/mol. The van der Waals surface area contributed by atoms with Gasteiger partial charge in [0.15, 0.2) is 17.3 Å². The van der Waals surface area contributed by atoms with Crippen molar-refractivity contribution < 1.29 is 18.7 Å². The van der Waals surface area contributed by atoms with Crippen molar-refractivity contribution in [1.82, 2.24) is 24.1 Å². The van der Waals surface area contributed by atoms with E-state index < -0.39 is 11.4 Å². The lowest BCUT2D eigenvalue weighted by molar-refractivity contribution is 0.0685. The molecule has 1 unspecified atom stereocenters. The number of carbonyl (C=O) groups excluding carboxylic acids is 2. The fraction of sp³-hybridized carbons (Fsp3) is 0.500. The van der Waals surface area contributed by atoms with Gasteiger partial charge in [0, 0.05) is 44.8 Å². The zero-order valence-corrected chi connectivity index (χ0v) is 22.9. The first kappa shape index (κ1) is 26.7. The van der Waals surface area contributed by atoms with E-state index in [9.17, 15) is 18.8 Å². The number of rotatable bonds is 2. The van der Waals surface area contributed by atoms with E-state index in [1.165, 1.54) is 30.0 Å². The molecule has 3 aromatic rings. The number of hydrogen-bond donors (Lipinski definition) is 1. The minimum Gasteiger partial charge on any atom is -0.493 e. The highest BCUT2D eigenvalue weighted by atomic mass is 19.1. The Kier molecular flexibility index (Phi) is 7.33. The van der Waals surface area contributed by atoms with Gasteiger partial charge < -0.3 is 24.4 Å². The number of halogens is 1. The summed E-state index contributed by atoms with van der Waals surface area (Å²) in [7, 11) is 3.16. The molecule has 5 rings (SSSR count). The maximum absolute atomic E-state index is 14.3. The Bertz CT molecular complexity index is 1500. The van der Waals surface area contributed by atoms with Crippen molar-refractivity contribution in [3.63, 3.8) is 0 Å². The fourth-order valence-electron chi connectivity index (χ4n) is 5.70. The van der Waals surface area contributed by atoms with Crippen LogP contribution in [0.4, 0.5) is 10.2 Å². The van der Waals surface area contributed by atoms with E-state index in [2.05, 4.69) is 5.32 Å². The van der Waals surface area contributed by atoms with Crippen LogP contribution >= 0.6 is 0 Å². The minimum atomic E-state index is -0.527. The SMILES string of the molecule is CCN1CC(C)n2c(c(OC)c3c(=O)n4nc(c32)NCCCCCCN(C)C(=O)c2cc(F)ccc2C4)C1=O. The van der Waals surface area contributed by atoms with Gasteiger partial charge in [-0.15, -0.1) is 5.10 Å². The number of methoxy groups -OCH3 is 1. The third kappa shape index (κ3) is 4.63. The van der Waals surface area contributed by atoms with E-state index in [0.717, 1.165) is 25.7 Å². The molecule has 4 heterocycles. The maximum atomic E-state index is 14.3. The molecule has 2 aromatic heterocycles. The smallest absolute Gasteiger partial charge is 0.280 e.